The summed E-state index contributed by atoms with van der Waals surface area (Å²) in [6.07, 6.45) is 2.55. The summed E-state index contributed by atoms with van der Waals surface area (Å²) in [6, 6.07) is 22.6. The van der Waals surface area contributed by atoms with Gasteiger partial charge in [-0.15, -0.1) is 0 Å². The van der Waals surface area contributed by atoms with Crippen molar-refractivity contribution >= 4 is 33.3 Å². The van der Waals surface area contributed by atoms with E-state index in [0.717, 1.165) is 15.6 Å². The Morgan fingerprint density at radius 2 is 1.33 bits per heavy atom. The van der Waals surface area contributed by atoms with Gasteiger partial charge in [0.25, 0.3) is 0 Å². The lowest BCUT2D eigenvalue weighted by atomic mass is 9.93. The van der Waals surface area contributed by atoms with Crippen molar-refractivity contribution in [3.63, 3.8) is 0 Å². The molecule has 0 saturated carbocycles. The highest BCUT2D eigenvalue weighted by Crippen LogP contribution is 2.44. The number of ketones is 1. The molecule has 0 radical (unpaired) electrons. The Kier molecular flexibility index (Phi) is 14.6. The summed E-state index contributed by atoms with van der Waals surface area (Å²) in [5.41, 5.74) is 3.43. The van der Waals surface area contributed by atoms with Gasteiger partial charge in [0, 0.05) is 10.0 Å². The molecule has 0 fully saturated rings. The standard InChI is InChI=1S/C22H17N3O5.C19H21BrO5/c1-27-13-17(22(26)28-2)16-8-4-6-10-19(16)30-21-11-20(24-14-25-21)29-18-9-5-3-7-15(18)12-23;1-10-9-14(23-4)18(24-5)19(25-6)15(10)17(21)16-11(2)12(20)7-8-13(16)22-3/h3-11,13-14H,1-2H3;7-9H,1-6H3/b17-13+;. The van der Waals surface area contributed by atoms with E-state index in [2.05, 4.69) is 32.0 Å². The number of carbonyl (C=O) groups is 2. The first-order valence-corrected chi connectivity index (χ1v) is 17.1. The molecule has 5 aromatic rings. The van der Waals surface area contributed by atoms with Crippen molar-refractivity contribution in [2.75, 3.05) is 42.7 Å². The third-order valence-corrected chi connectivity index (χ3v) is 8.79. The van der Waals surface area contributed by atoms with Crippen LogP contribution in [0.4, 0.5) is 0 Å². The molecule has 0 atom stereocenters. The molecule has 1 heterocycles. The molecule has 0 amide bonds. The largest absolute Gasteiger partial charge is 0.503 e. The summed E-state index contributed by atoms with van der Waals surface area (Å²) in [5.74, 6) is 2.04. The van der Waals surface area contributed by atoms with E-state index < -0.39 is 5.97 Å². The molecule has 55 heavy (non-hydrogen) atoms. The molecule has 0 spiro atoms. The molecule has 0 N–H and O–H groups in total. The lowest BCUT2D eigenvalue weighted by molar-refractivity contribution is -0.133. The molecule has 0 saturated heterocycles. The second kappa shape index (κ2) is 19.5. The maximum absolute atomic E-state index is 13.4. The first-order valence-electron chi connectivity index (χ1n) is 16.3. The number of ether oxygens (including phenoxy) is 8. The molecule has 0 aliphatic heterocycles. The second-order valence-corrected chi connectivity index (χ2v) is 12.0. The number of benzene rings is 4. The van der Waals surface area contributed by atoms with Gasteiger partial charge in [0.05, 0.1) is 71.7 Å². The smallest absolute Gasteiger partial charge is 0.341 e. The summed E-state index contributed by atoms with van der Waals surface area (Å²) >= 11 is 3.47. The Bertz CT molecular complexity index is 2250. The highest BCUT2D eigenvalue weighted by molar-refractivity contribution is 9.10. The lowest BCUT2D eigenvalue weighted by Crippen LogP contribution is -2.11. The third-order valence-electron chi connectivity index (χ3n) is 7.93. The van der Waals surface area contributed by atoms with Crippen molar-refractivity contribution in [3.8, 4) is 52.3 Å². The number of hydrogen-bond donors (Lipinski definition) is 0. The zero-order chi connectivity index (χ0) is 40.1. The summed E-state index contributed by atoms with van der Waals surface area (Å²) in [5, 5.41) is 9.20. The minimum absolute atomic E-state index is 0.184. The van der Waals surface area contributed by atoms with Gasteiger partial charge in [-0.05, 0) is 61.4 Å². The van der Waals surface area contributed by atoms with E-state index in [-0.39, 0.29) is 23.1 Å². The predicted molar refractivity (Wildman–Crippen MR) is 206 cm³/mol. The fourth-order valence-electron chi connectivity index (χ4n) is 5.33. The van der Waals surface area contributed by atoms with Crippen LogP contribution >= 0.6 is 15.9 Å². The average molecular weight is 813 g/mol. The quantitative estimate of drug-likeness (QED) is 0.0483. The molecular weight excluding hydrogens is 774 g/mol. The fourth-order valence-corrected chi connectivity index (χ4v) is 5.67. The SMILES string of the molecule is CO/C=C(/C(=O)OC)c1ccccc1Oc1cc(Oc2ccccc2C#N)ncn1.COc1cc(C)c(C(=O)c2c(OC)ccc(Br)c2C)c(OC)c1OC. The zero-order valence-corrected chi connectivity index (χ0v) is 33.0. The number of aryl methyl sites for hydroxylation is 1. The Morgan fingerprint density at radius 3 is 1.93 bits per heavy atom. The summed E-state index contributed by atoms with van der Waals surface area (Å²) in [4.78, 5) is 33.7. The van der Waals surface area contributed by atoms with Gasteiger partial charge in [0.2, 0.25) is 23.3 Å². The Hall–Kier alpha value is -6.59. The van der Waals surface area contributed by atoms with Crippen LogP contribution in [0, 0.1) is 25.2 Å². The number of nitriles is 1. The molecule has 0 bridgehead atoms. The third kappa shape index (κ3) is 9.51. The topological polar surface area (TPSA) is 158 Å². The zero-order valence-electron chi connectivity index (χ0n) is 31.4. The second-order valence-electron chi connectivity index (χ2n) is 11.2. The minimum atomic E-state index is -0.576. The first kappa shape index (κ1) is 41.2. The predicted octanol–water partition coefficient (Wildman–Crippen LogP) is 8.42. The van der Waals surface area contributed by atoms with E-state index in [4.69, 9.17) is 37.9 Å². The van der Waals surface area contributed by atoms with E-state index in [1.165, 1.54) is 54.2 Å². The molecule has 0 aliphatic carbocycles. The van der Waals surface area contributed by atoms with Crippen molar-refractivity contribution in [1.82, 2.24) is 9.97 Å². The minimum Gasteiger partial charge on any atom is -0.503 e. The van der Waals surface area contributed by atoms with Crippen LogP contribution in [0.25, 0.3) is 5.57 Å². The van der Waals surface area contributed by atoms with Crippen molar-refractivity contribution in [2.45, 2.75) is 13.8 Å². The van der Waals surface area contributed by atoms with E-state index in [0.29, 0.717) is 56.8 Å². The summed E-state index contributed by atoms with van der Waals surface area (Å²) < 4.78 is 43.9. The highest BCUT2D eigenvalue weighted by atomic mass is 79.9. The lowest BCUT2D eigenvalue weighted by Gasteiger charge is -2.19. The first-order chi connectivity index (χ1) is 26.6. The molecule has 4 aromatic carbocycles. The van der Waals surface area contributed by atoms with Crippen LogP contribution in [0.2, 0.25) is 0 Å². The van der Waals surface area contributed by atoms with Crippen molar-refractivity contribution < 1.29 is 47.5 Å². The van der Waals surface area contributed by atoms with Gasteiger partial charge in [0.1, 0.15) is 35.2 Å². The van der Waals surface area contributed by atoms with Crippen LogP contribution in [-0.4, -0.2) is 64.4 Å². The monoisotopic (exact) mass is 811 g/mol. The number of methoxy groups -OCH3 is 6. The van der Waals surface area contributed by atoms with Crippen LogP contribution in [-0.2, 0) is 14.3 Å². The normalized spacial score (nSPS) is 10.5. The molecule has 0 unspecified atom stereocenters. The summed E-state index contributed by atoms with van der Waals surface area (Å²) in [7, 11) is 8.80. The van der Waals surface area contributed by atoms with Crippen LogP contribution < -0.4 is 28.4 Å². The molecule has 14 heteroatoms. The number of carbonyl (C=O) groups excluding carboxylic acids is 2. The van der Waals surface area contributed by atoms with Crippen LogP contribution in [0.15, 0.2) is 89.9 Å². The Morgan fingerprint density at radius 1 is 0.709 bits per heavy atom. The Balaban J connectivity index is 0.000000249. The molecular formula is C41H38BrN3O10. The number of para-hydroxylation sites is 2. The van der Waals surface area contributed by atoms with E-state index >= 15 is 0 Å². The molecule has 0 aliphatic rings. The molecule has 5 rings (SSSR count). The van der Waals surface area contributed by atoms with Crippen molar-refractivity contribution in [3.05, 3.63) is 123 Å². The number of aromatic nitrogens is 2. The van der Waals surface area contributed by atoms with Gasteiger partial charge in [0.15, 0.2) is 11.5 Å². The molecule has 13 nitrogen and oxygen atoms in total. The maximum Gasteiger partial charge on any atom is 0.341 e. The number of halogens is 1. The maximum atomic E-state index is 13.4. The molecule has 1 aromatic heterocycles. The van der Waals surface area contributed by atoms with Crippen molar-refractivity contribution in [2.24, 2.45) is 0 Å². The Labute approximate surface area is 327 Å². The summed E-state index contributed by atoms with van der Waals surface area (Å²) in [6.45, 7) is 3.69. The number of nitrogens with zero attached hydrogens (tertiary/aromatic N) is 3. The van der Waals surface area contributed by atoms with Gasteiger partial charge in [-0.1, -0.05) is 46.3 Å². The average Bonchev–Trinajstić information content (AvgIpc) is 3.20. The van der Waals surface area contributed by atoms with Crippen LogP contribution in [0.3, 0.4) is 0 Å². The van der Waals surface area contributed by atoms with Gasteiger partial charge >= 0.3 is 5.97 Å². The number of esters is 1. The van der Waals surface area contributed by atoms with E-state index in [1.54, 1.807) is 67.8 Å². The van der Waals surface area contributed by atoms with Gasteiger partial charge in [-0.25, -0.2) is 14.8 Å². The van der Waals surface area contributed by atoms with Crippen molar-refractivity contribution in [1.29, 1.82) is 5.26 Å². The van der Waals surface area contributed by atoms with Gasteiger partial charge < -0.3 is 37.9 Å². The van der Waals surface area contributed by atoms with Crippen LogP contribution in [0.5, 0.6) is 46.3 Å². The van der Waals surface area contributed by atoms with Gasteiger partial charge in [-0.2, -0.15) is 5.26 Å². The molecule has 284 valence electrons. The number of rotatable bonds is 13. The highest BCUT2D eigenvalue weighted by Gasteiger charge is 2.28. The number of hydrogen-bond acceptors (Lipinski definition) is 13. The van der Waals surface area contributed by atoms with Gasteiger partial charge in [-0.3, -0.25) is 4.79 Å². The van der Waals surface area contributed by atoms with E-state index in [1.807, 2.05) is 19.9 Å². The van der Waals surface area contributed by atoms with E-state index in [9.17, 15) is 14.9 Å². The fraction of sp³-hybridized carbons (Fsp3) is 0.195. The van der Waals surface area contributed by atoms with Crippen LogP contribution in [0.1, 0.15) is 38.2 Å².